The Kier molecular flexibility index (Phi) is 5.09. The van der Waals surface area contributed by atoms with E-state index in [1.165, 1.54) is 0 Å². The number of rotatable bonds is 4. The number of anilines is 1. The van der Waals surface area contributed by atoms with Crippen molar-refractivity contribution in [3.05, 3.63) is 64.6 Å². The Hall–Kier alpha value is -2.47. The number of hydrogen-bond donors (Lipinski definition) is 1. The van der Waals surface area contributed by atoms with Crippen molar-refractivity contribution in [2.24, 2.45) is 21.4 Å². The molecule has 5 nitrogen and oxygen atoms in total. The van der Waals surface area contributed by atoms with Crippen LogP contribution in [0.5, 0.6) is 0 Å². The van der Waals surface area contributed by atoms with E-state index in [1.54, 1.807) is 24.3 Å². The number of para-hydroxylation sites is 1. The van der Waals surface area contributed by atoms with Crippen LogP contribution in [0, 0.1) is 16.2 Å². The molecule has 2 bridgehead atoms. The lowest BCUT2D eigenvalue weighted by Gasteiger charge is -2.39. The van der Waals surface area contributed by atoms with E-state index in [9.17, 15) is 9.59 Å². The molecule has 2 fully saturated rings. The molecule has 0 heterocycles. The van der Waals surface area contributed by atoms with Crippen LogP contribution in [0.15, 0.2) is 64.2 Å². The van der Waals surface area contributed by atoms with E-state index >= 15 is 0 Å². The maximum atomic E-state index is 13.4. The molecular formula is C24H25BrN2O3. The predicted octanol–water partition coefficient (Wildman–Crippen LogP) is 5.82. The fourth-order valence-electron chi connectivity index (χ4n) is 5.03. The third kappa shape index (κ3) is 3.09. The van der Waals surface area contributed by atoms with Crippen molar-refractivity contribution in [1.82, 2.24) is 0 Å². The van der Waals surface area contributed by atoms with Crippen LogP contribution in [-0.4, -0.2) is 17.6 Å². The average Bonchev–Trinajstić information content (AvgIpc) is 3.04. The van der Waals surface area contributed by atoms with E-state index in [1.807, 2.05) is 30.3 Å². The molecule has 2 unspecified atom stereocenters. The minimum atomic E-state index is -0.583. The summed E-state index contributed by atoms with van der Waals surface area (Å²) in [6.07, 6.45) is 2.11. The molecule has 2 aromatic rings. The second kappa shape index (κ2) is 7.34. The van der Waals surface area contributed by atoms with Gasteiger partial charge in [0.1, 0.15) is 0 Å². The Morgan fingerprint density at radius 3 is 2.33 bits per heavy atom. The first-order valence-electron chi connectivity index (χ1n) is 10.1. The maximum absolute atomic E-state index is 13.4. The molecule has 0 saturated heterocycles. The second-order valence-electron chi connectivity index (χ2n) is 8.96. The molecule has 1 amide bonds. The zero-order valence-electron chi connectivity index (χ0n) is 17.4. The number of carbonyl (C=O) groups excluding carboxylic acids is 2. The monoisotopic (exact) mass is 468 g/mol. The van der Waals surface area contributed by atoms with E-state index in [-0.39, 0.29) is 16.7 Å². The molecule has 2 saturated carbocycles. The maximum Gasteiger partial charge on any atom is 0.365 e. The Balaban J connectivity index is 1.58. The van der Waals surface area contributed by atoms with Gasteiger partial charge in [-0.05, 0) is 54.7 Å². The first-order chi connectivity index (χ1) is 14.2. The standard InChI is InChI=1S/C24H25BrN2O3/c1-22(2)23(3)13-14-24(22,21(29)26-18-7-5-4-6-8-18)15-19(23)27-30-20(28)16-9-11-17(25)12-10-16/h4-12H,13-15H2,1-3H3,(H,26,29). The smallest absolute Gasteiger partial charge is 0.326 e. The third-order valence-electron chi connectivity index (χ3n) is 7.52. The van der Waals surface area contributed by atoms with Gasteiger partial charge in [0.05, 0.1) is 16.7 Å². The lowest BCUT2D eigenvalue weighted by Crippen LogP contribution is -2.43. The van der Waals surface area contributed by atoms with Gasteiger partial charge in [0, 0.05) is 22.0 Å². The number of benzene rings is 2. The molecule has 0 spiro atoms. The largest absolute Gasteiger partial charge is 0.365 e. The van der Waals surface area contributed by atoms with E-state index in [0.29, 0.717) is 12.0 Å². The highest BCUT2D eigenvalue weighted by molar-refractivity contribution is 9.10. The molecule has 6 heteroatoms. The lowest BCUT2D eigenvalue weighted by atomic mass is 9.64. The summed E-state index contributed by atoms with van der Waals surface area (Å²) < 4.78 is 0.888. The quantitative estimate of drug-likeness (QED) is 0.454. The second-order valence-corrected chi connectivity index (χ2v) is 9.88. The van der Waals surface area contributed by atoms with E-state index in [2.05, 4.69) is 47.2 Å². The number of halogens is 1. The van der Waals surface area contributed by atoms with Crippen LogP contribution in [-0.2, 0) is 9.63 Å². The van der Waals surface area contributed by atoms with Crippen molar-refractivity contribution in [2.45, 2.75) is 40.0 Å². The summed E-state index contributed by atoms with van der Waals surface area (Å²) in [5, 5.41) is 7.37. The first-order valence-corrected chi connectivity index (χ1v) is 10.9. The van der Waals surface area contributed by atoms with Crippen LogP contribution in [0.4, 0.5) is 5.69 Å². The predicted molar refractivity (Wildman–Crippen MR) is 120 cm³/mol. The highest BCUT2D eigenvalue weighted by Gasteiger charge is 2.71. The fourth-order valence-corrected chi connectivity index (χ4v) is 5.29. The Labute approximate surface area is 185 Å². The number of amides is 1. The van der Waals surface area contributed by atoms with Crippen LogP contribution in [0.25, 0.3) is 0 Å². The Morgan fingerprint density at radius 1 is 1.00 bits per heavy atom. The minimum Gasteiger partial charge on any atom is -0.326 e. The van der Waals surface area contributed by atoms with Crippen LogP contribution in [0.1, 0.15) is 50.4 Å². The number of oxime groups is 1. The van der Waals surface area contributed by atoms with Crippen LogP contribution in [0.3, 0.4) is 0 Å². The van der Waals surface area contributed by atoms with Crippen LogP contribution >= 0.6 is 15.9 Å². The normalized spacial score (nSPS) is 27.8. The zero-order valence-corrected chi connectivity index (χ0v) is 19.0. The third-order valence-corrected chi connectivity index (χ3v) is 8.05. The van der Waals surface area contributed by atoms with Gasteiger partial charge in [-0.1, -0.05) is 60.1 Å². The van der Waals surface area contributed by atoms with Gasteiger partial charge in [-0.15, -0.1) is 0 Å². The fraction of sp³-hybridized carbons (Fsp3) is 0.375. The first kappa shape index (κ1) is 20.8. The number of hydrogen-bond acceptors (Lipinski definition) is 4. The van der Waals surface area contributed by atoms with Crippen molar-refractivity contribution in [3.63, 3.8) is 0 Å². The van der Waals surface area contributed by atoms with E-state index < -0.39 is 11.4 Å². The van der Waals surface area contributed by atoms with Crippen molar-refractivity contribution in [2.75, 3.05) is 5.32 Å². The molecule has 2 aliphatic rings. The van der Waals surface area contributed by atoms with E-state index in [4.69, 9.17) is 4.84 Å². The summed E-state index contributed by atoms with van der Waals surface area (Å²) in [7, 11) is 0. The molecular weight excluding hydrogens is 444 g/mol. The number of fused-ring (bicyclic) bond motifs is 2. The van der Waals surface area contributed by atoms with Gasteiger partial charge in [-0.3, -0.25) is 4.79 Å². The summed E-state index contributed by atoms with van der Waals surface area (Å²) in [5.74, 6) is -0.492. The van der Waals surface area contributed by atoms with Crippen molar-refractivity contribution < 1.29 is 14.4 Å². The van der Waals surface area contributed by atoms with Gasteiger partial charge in [-0.25, -0.2) is 4.79 Å². The SMILES string of the molecule is CC12CCC(C(=O)Nc3ccccc3)(CC1=NOC(=O)c1ccc(Br)cc1)C2(C)C. The molecule has 2 atom stereocenters. The molecule has 0 aromatic heterocycles. The van der Waals surface area contributed by atoms with Gasteiger partial charge in [-0.2, -0.15) is 0 Å². The Morgan fingerprint density at radius 2 is 1.67 bits per heavy atom. The number of carbonyl (C=O) groups is 2. The lowest BCUT2D eigenvalue weighted by molar-refractivity contribution is -0.130. The summed E-state index contributed by atoms with van der Waals surface area (Å²) in [4.78, 5) is 31.1. The minimum absolute atomic E-state index is 0.00635. The molecule has 4 rings (SSSR count). The van der Waals surface area contributed by atoms with Crippen molar-refractivity contribution in [3.8, 4) is 0 Å². The van der Waals surface area contributed by atoms with Crippen molar-refractivity contribution in [1.29, 1.82) is 0 Å². The molecule has 1 N–H and O–H groups in total. The topological polar surface area (TPSA) is 67.8 Å². The van der Waals surface area contributed by atoms with Gasteiger partial charge >= 0.3 is 5.97 Å². The molecule has 2 aliphatic carbocycles. The molecule has 0 aliphatic heterocycles. The summed E-state index contributed by atoms with van der Waals surface area (Å²) >= 11 is 3.35. The van der Waals surface area contributed by atoms with Crippen LogP contribution < -0.4 is 5.32 Å². The Bertz CT molecular complexity index is 1020. The average molecular weight is 469 g/mol. The summed E-state index contributed by atoms with van der Waals surface area (Å²) in [5.41, 5.74) is 0.802. The molecule has 156 valence electrons. The number of nitrogens with zero attached hydrogens (tertiary/aromatic N) is 1. The van der Waals surface area contributed by atoms with Gasteiger partial charge in [0.2, 0.25) is 5.91 Å². The highest BCUT2D eigenvalue weighted by atomic mass is 79.9. The van der Waals surface area contributed by atoms with Gasteiger partial charge in [0.15, 0.2) is 0 Å². The number of nitrogens with one attached hydrogen (secondary N) is 1. The van der Waals surface area contributed by atoms with Crippen molar-refractivity contribution >= 4 is 39.2 Å². The zero-order chi connectivity index (χ0) is 21.6. The molecule has 2 aromatic carbocycles. The van der Waals surface area contributed by atoms with E-state index in [0.717, 1.165) is 28.7 Å². The van der Waals surface area contributed by atoms with Gasteiger partial charge in [0.25, 0.3) is 0 Å². The molecule has 0 radical (unpaired) electrons. The van der Waals surface area contributed by atoms with Gasteiger partial charge < -0.3 is 10.2 Å². The summed E-state index contributed by atoms with van der Waals surface area (Å²) in [6.45, 7) is 6.39. The molecule has 30 heavy (non-hydrogen) atoms. The highest BCUT2D eigenvalue weighted by Crippen LogP contribution is 2.71. The summed E-state index contributed by atoms with van der Waals surface area (Å²) in [6, 6.07) is 16.5. The van der Waals surface area contributed by atoms with Crippen LogP contribution in [0.2, 0.25) is 0 Å².